The first kappa shape index (κ1) is 23.6. The van der Waals surface area contributed by atoms with Gasteiger partial charge in [0.2, 0.25) is 10.0 Å². The van der Waals surface area contributed by atoms with Crippen LogP contribution in [0.5, 0.6) is 5.75 Å². The maximum absolute atomic E-state index is 13.2. The van der Waals surface area contributed by atoms with Crippen LogP contribution in [0.2, 0.25) is 0 Å². The molecule has 2 saturated heterocycles. The van der Waals surface area contributed by atoms with Crippen molar-refractivity contribution in [3.8, 4) is 5.75 Å². The molecular weight excluding hydrogens is 438 g/mol. The van der Waals surface area contributed by atoms with Crippen molar-refractivity contribution in [3.05, 3.63) is 48.0 Å². The maximum atomic E-state index is 13.2. The summed E-state index contributed by atoms with van der Waals surface area (Å²) in [6.45, 7) is 5.25. The fourth-order valence-corrected chi connectivity index (χ4v) is 6.00. The molecule has 0 atom stereocenters. The molecule has 1 N–H and O–H groups in total. The van der Waals surface area contributed by atoms with Crippen LogP contribution in [0.4, 0.5) is 11.4 Å². The standard InChI is InChI=1S/C25H33N3O4S/c1-19-12-16-28(17-13-19)33(30,31)22-10-11-24(32-2)23(18-22)25(29)26-20-6-8-21(9-7-20)27-14-4-3-5-15-27/h6-11,18-19H,3-5,12-17H2,1-2H3,(H,26,29). The SMILES string of the molecule is COc1ccc(S(=O)(=O)N2CCC(C)CC2)cc1C(=O)Nc1ccc(N2CCCCC2)cc1. The Morgan fingerprint density at radius 1 is 0.970 bits per heavy atom. The van der Waals surface area contributed by atoms with Gasteiger partial charge in [-0.15, -0.1) is 0 Å². The normalized spacial score (nSPS) is 18.2. The van der Waals surface area contributed by atoms with Crippen LogP contribution < -0.4 is 15.0 Å². The van der Waals surface area contributed by atoms with E-state index in [1.165, 1.54) is 42.8 Å². The first-order valence-corrected chi connectivity index (χ1v) is 13.2. The van der Waals surface area contributed by atoms with E-state index in [0.717, 1.165) is 31.6 Å². The van der Waals surface area contributed by atoms with Crippen LogP contribution in [-0.4, -0.2) is 51.9 Å². The number of piperidine rings is 2. The molecule has 2 fully saturated rings. The number of hydrogen-bond acceptors (Lipinski definition) is 5. The Balaban J connectivity index is 1.52. The van der Waals surface area contributed by atoms with Crippen molar-refractivity contribution in [3.63, 3.8) is 0 Å². The fraction of sp³-hybridized carbons (Fsp3) is 0.480. The number of rotatable bonds is 6. The topological polar surface area (TPSA) is 79.0 Å². The van der Waals surface area contributed by atoms with Crippen LogP contribution in [0, 0.1) is 5.92 Å². The molecule has 2 aliphatic heterocycles. The summed E-state index contributed by atoms with van der Waals surface area (Å²) in [5, 5.41) is 2.88. The quantitative estimate of drug-likeness (QED) is 0.677. The molecule has 0 bridgehead atoms. The highest BCUT2D eigenvalue weighted by Crippen LogP contribution is 2.28. The number of benzene rings is 2. The second-order valence-electron chi connectivity index (χ2n) is 9.00. The molecule has 7 nitrogen and oxygen atoms in total. The average molecular weight is 472 g/mol. The van der Waals surface area contributed by atoms with E-state index in [2.05, 4.69) is 17.1 Å². The van der Waals surface area contributed by atoms with Gasteiger partial charge in [-0.05, 0) is 80.5 Å². The summed E-state index contributed by atoms with van der Waals surface area (Å²) >= 11 is 0. The highest BCUT2D eigenvalue weighted by Gasteiger charge is 2.29. The summed E-state index contributed by atoms with van der Waals surface area (Å²) in [6, 6.07) is 12.3. The molecule has 0 aromatic heterocycles. The maximum Gasteiger partial charge on any atom is 0.259 e. The Morgan fingerprint density at radius 3 is 2.27 bits per heavy atom. The first-order valence-electron chi connectivity index (χ1n) is 11.7. The zero-order valence-electron chi connectivity index (χ0n) is 19.4. The zero-order valence-corrected chi connectivity index (χ0v) is 20.2. The number of nitrogens with one attached hydrogen (secondary N) is 1. The Bertz CT molecular complexity index is 1070. The molecule has 0 spiro atoms. The number of hydrogen-bond donors (Lipinski definition) is 1. The average Bonchev–Trinajstić information content (AvgIpc) is 2.85. The van der Waals surface area contributed by atoms with Crippen molar-refractivity contribution in [2.45, 2.75) is 43.9 Å². The number of methoxy groups -OCH3 is 1. The van der Waals surface area contributed by atoms with Gasteiger partial charge in [0.25, 0.3) is 5.91 Å². The smallest absolute Gasteiger partial charge is 0.259 e. The highest BCUT2D eigenvalue weighted by molar-refractivity contribution is 7.89. The second kappa shape index (κ2) is 10.1. The van der Waals surface area contributed by atoms with Crippen molar-refractivity contribution in [2.24, 2.45) is 5.92 Å². The lowest BCUT2D eigenvalue weighted by Crippen LogP contribution is -2.37. The van der Waals surface area contributed by atoms with Crippen LogP contribution in [0.3, 0.4) is 0 Å². The van der Waals surface area contributed by atoms with Gasteiger partial charge in [-0.2, -0.15) is 4.31 Å². The van der Waals surface area contributed by atoms with Gasteiger partial charge >= 0.3 is 0 Å². The van der Waals surface area contributed by atoms with E-state index in [9.17, 15) is 13.2 Å². The van der Waals surface area contributed by atoms with Crippen molar-refractivity contribution >= 4 is 27.3 Å². The molecule has 2 aliphatic rings. The highest BCUT2D eigenvalue weighted by atomic mass is 32.2. The first-order chi connectivity index (χ1) is 15.9. The van der Waals surface area contributed by atoms with E-state index >= 15 is 0 Å². The summed E-state index contributed by atoms with van der Waals surface area (Å²) < 4.78 is 33.2. The molecule has 2 aromatic carbocycles. The van der Waals surface area contributed by atoms with Crippen molar-refractivity contribution in [1.29, 1.82) is 0 Å². The summed E-state index contributed by atoms with van der Waals surface area (Å²) in [4.78, 5) is 15.5. The summed E-state index contributed by atoms with van der Waals surface area (Å²) in [7, 11) is -2.19. The van der Waals surface area contributed by atoms with E-state index in [0.29, 0.717) is 30.4 Å². The molecule has 33 heavy (non-hydrogen) atoms. The monoisotopic (exact) mass is 471 g/mol. The number of sulfonamides is 1. The summed E-state index contributed by atoms with van der Waals surface area (Å²) in [6.07, 6.45) is 5.37. The number of amides is 1. The zero-order chi connectivity index (χ0) is 23.4. The molecule has 0 unspecified atom stereocenters. The van der Waals surface area contributed by atoms with Gasteiger partial charge in [-0.25, -0.2) is 8.42 Å². The van der Waals surface area contributed by atoms with Gasteiger partial charge in [0.1, 0.15) is 5.75 Å². The minimum Gasteiger partial charge on any atom is -0.496 e. The van der Waals surface area contributed by atoms with Gasteiger partial charge in [-0.3, -0.25) is 4.79 Å². The molecule has 8 heteroatoms. The Morgan fingerprint density at radius 2 is 1.64 bits per heavy atom. The molecule has 2 heterocycles. The van der Waals surface area contributed by atoms with Gasteiger partial charge in [0.05, 0.1) is 17.6 Å². The number of anilines is 2. The van der Waals surface area contributed by atoms with Crippen molar-refractivity contribution < 1.29 is 17.9 Å². The third-order valence-corrected chi connectivity index (χ3v) is 8.54. The predicted molar refractivity (Wildman–Crippen MR) is 131 cm³/mol. The van der Waals surface area contributed by atoms with Crippen LogP contribution in [0.1, 0.15) is 49.4 Å². The van der Waals surface area contributed by atoms with E-state index in [-0.39, 0.29) is 10.5 Å². The molecule has 178 valence electrons. The lowest BCUT2D eigenvalue weighted by Gasteiger charge is -2.29. The predicted octanol–water partition coefficient (Wildman–Crippen LogP) is 4.36. The van der Waals surface area contributed by atoms with Crippen LogP contribution in [0.25, 0.3) is 0 Å². The van der Waals surface area contributed by atoms with E-state index in [1.54, 1.807) is 6.07 Å². The third kappa shape index (κ3) is 5.33. The third-order valence-electron chi connectivity index (χ3n) is 6.64. The Kier molecular flexibility index (Phi) is 7.24. The molecule has 4 rings (SSSR count). The van der Waals surface area contributed by atoms with E-state index in [1.807, 2.05) is 24.3 Å². The van der Waals surface area contributed by atoms with Gasteiger partial charge in [0.15, 0.2) is 0 Å². The lowest BCUT2D eigenvalue weighted by atomic mass is 10.0. The van der Waals surface area contributed by atoms with Crippen molar-refractivity contribution in [2.75, 3.05) is 43.5 Å². The molecule has 0 radical (unpaired) electrons. The van der Waals surface area contributed by atoms with Gasteiger partial charge in [-0.1, -0.05) is 6.92 Å². The summed E-state index contributed by atoms with van der Waals surface area (Å²) in [5.74, 6) is 0.459. The van der Waals surface area contributed by atoms with E-state index in [4.69, 9.17) is 4.74 Å². The second-order valence-corrected chi connectivity index (χ2v) is 10.9. The number of ether oxygens (including phenoxy) is 1. The number of carbonyl (C=O) groups is 1. The molecule has 1 amide bonds. The minimum absolute atomic E-state index is 0.114. The molecule has 0 aliphatic carbocycles. The minimum atomic E-state index is -3.67. The largest absolute Gasteiger partial charge is 0.496 e. The number of nitrogens with zero attached hydrogens (tertiary/aromatic N) is 2. The summed E-state index contributed by atoms with van der Waals surface area (Å²) in [5.41, 5.74) is 2.00. The molecule has 0 saturated carbocycles. The lowest BCUT2D eigenvalue weighted by molar-refractivity contribution is 0.102. The van der Waals surface area contributed by atoms with Crippen LogP contribution in [-0.2, 0) is 10.0 Å². The van der Waals surface area contributed by atoms with Crippen LogP contribution >= 0.6 is 0 Å². The number of carbonyl (C=O) groups excluding carboxylic acids is 1. The fourth-order valence-electron chi connectivity index (χ4n) is 4.51. The molecule has 2 aromatic rings. The van der Waals surface area contributed by atoms with Gasteiger partial charge < -0.3 is 15.0 Å². The molecular formula is C25H33N3O4S. The van der Waals surface area contributed by atoms with E-state index < -0.39 is 15.9 Å². The van der Waals surface area contributed by atoms with Crippen molar-refractivity contribution in [1.82, 2.24) is 4.31 Å². The Hall–Kier alpha value is -2.58. The van der Waals surface area contributed by atoms with Gasteiger partial charge in [0, 0.05) is 37.6 Å². The van der Waals surface area contributed by atoms with Crippen LogP contribution in [0.15, 0.2) is 47.4 Å². The Labute approximate surface area is 196 Å².